The molecule has 162 valence electrons. The highest BCUT2D eigenvalue weighted by molar-refractivity contribution is 7.92. The molecule has 0 heterocycles. The Morgan fingerprint density at radius 2 is 1.48 bits per heavy atom. The predicted molar refractivity (Wildman–Crippen MR) is 108 cm³/mol. The number of anilines is 1. The summed E-state index contributed by atoms with van der Waals surface area (Å²) >= 11 is 0. The molecular weight excluding hydrogens is 433 g/mol. The van der Waals surface area contributed by atoms with Crippen LogP contribution in [0.5, 0.6) is 5.75 Å². The van der Waals surface area contributed by atoms with E-state index in [1.807, 2.05) is 30.3 Å². The van der Waals surface area contributed by atoms with Crippen LogP contribution in [0.15, 0.2) is 83.8 Å². The molecule has 3 aromatic rings. The van der Waals surface area contributed by atoms with Gasteiger partial charge in [0.15, 0.2) is 0 Å². The van der Waals surface area contributed by atoms with Crippen molar-refractivity contribution in [1.29, 1.82) is 0 Å². The van der Waals surface area contributed by atoms with Crippen molar-refractivity contribution in [2.45, 2.75) is 17.8 Å². The van der Waals surface area contributed by atoms with Crippen LogP contribution in [-0.4, -0.2) is 20.7 Å². The van der Waals surface area contributed by atoms with E-state index in [0.717, 1.165) is 29.8 Å². The number of para-hydroxylation sites is 1. The lowest BCUT2D eigenvalue weighted by molar-refractivity contribution is -0.274. The number of ether oxygens (including phenoxy) is 1. The molecule has 0 saturated carbocycles. The molecular formula is C21H17F3N2O4S. The number of rotatable bonds is 7. The van der Waals surface area contributed by atoms with Crippen LogP contribution in [0.25, 0.3) is 0 Å². The maximum Gasteiger partial charge on any atom is 0.573 e. The van der Waals surface area contributed by atoms with Gasteiger partial charge < -0.3 is 10.1 Å². The van der Waals surface area contributed by atoms with Gasteiger partial charge in [-0.15, -0.1) is 13.2 Å². The van der Waals surface area contributed by atoms with Crippen LogP contribution in [0.4, 0.5) is 18.9 Å². The molecule has 3 rings (SSSR count). The van der Waals surface area contributed by atoms with E-state index in [9.17, 15) is 26.4 Å². The van der Waals surface area contributed by atoms with Crippen LogP contribution < -0.4 is 14.8 Å². The molecule has 1 amide bonds. The fourth-order valence-electron chi connectivity index (χ4n) is 2.67. The first kappa shape index (κ1) is 22.2. The largest absolute Gasteiger partial charge is 0.573 e. The number of nitrogens with one attached hydrogen (secondary N) is 2. The first-order valence-corrected chi connectivity index (χ1v) is 10.4. The van der Waals surface area contributed by atoms with Crippen molar-refractivity contribution >= 4 is 21.6 Å². The highest BCUT2D eigenvalue weighted by Crippen LogP contribution is 2.25. The number of alkyl halides is 3. The minimum atomic E-state index is -4.88. The minimum absolute atomic E-state index is 0.0312. The Morgan fingerprint density at radius 3 is 2.13 bits per heavy atom. The van der Waals surface area contributed by atoms with E-state index in [2.05, 4.69) is 14.8 Å². The molecule has 0 radical (unpaired) electrons. The van der Waals surface area contributed by atoms with Gasteiger partial charge in [0.1, 0.15) is 5.75 Å². The fourth-order valence-corrected chi connectivity index (χ4v) is 3.75. The van der Waals surface area contributed by atoms with Gasteiger partial charge in [0.2, 0.25) is 0 Å². The zero-order valence-electron chi connectivity index (χ0n) is 15.9. The topological polar surface area (TPSA) is 84.5 Å². The van der Waals surface area contributed by atoms with Crippen LogP contribution in [0.1, 0.15) is 15.9 Å². The Hall–Kier alpha value is -3.53. The summed E-state index contributed by atoms with van der Waals surface area (Å²) < 4.78 is 68.1. The third-order valence-corrected chi connectivity index (χ3v) is 5.46. The normalized spacial score (nSPS) is 11.6. The van der Waals surface area contributed by atoms with Gasteiger partial charge in [-0.3, -0.25) is 9.52 Å². The maximum atomic E-state index is 12.6. The highest BCUT2D eigenvalue weighted by atomic mass is 32.2. The van der Waals surface area contributed by atoms with E-state index < -0.39 is 28.0 Å². The molecule has 0 fully saturated rings. The predicted octanol–water partition coefficient (Wildman–Crippen LogP) is 4.32. The molecule has 0 aromatic heterocycles. The Morgan fingerprint density at radius 1 is 0.871 bits per heavy atom. The second-order valence-electron chi connectivity index (χ2n) is 6.34. The number of carbonyl (C=O) groups is 1. The average molecular weight is 450 g/mol. The first-order chi connectivity index (χ1) is 14.6. The third kappa shape index (κ3) is 6.22. The molecule has 0 aliphatic rings. The number of amides is 1. The molecule has 0 bridgehead atoms. The number of hydrogen-bond donors (Lipinski definition) is 2. The highest BCUT2D eigenvalue weighted by Gasteiger charge is 2.31. The van der Waals surface area contributed by atoms with Crippen molar-refractivity contribution < 1.29 is 31.1 Å². The summed E-state index contributed by atoms with van der Waals surface area (Å²) in [5.41, 5.74) is 0.998. The average Bonchev–Trinajstić information content (AvgIpc) is 2.72. The third-order valence-electron chi connectivity index (χ3n) is 4.08. The quantitative estimate of drug-likeness (QED) is 0.562. The van der Waals surface area contributed by atoms with Crippen LogP contribution in [0.3, 0.4) is 0 Å². The second kappa shape index (κ2) is 9.09. The van der Waals surface area contributed by atoms with Crippen molar-refractivity contribution in [1.82, 2.24) is 5.32 Å². The van der Waals surface area contributed by atoms with Crippen LogP contribution in [0, 0.1) is 0 Å². The Labute approximate surface area is 176 Å². The van der Waals surface area contributed by atoms with E-state index in [1.165, 1.54) is 12.1 Å². The van der Waals surface area contributed by atoms with Gasteiger partial charge in [-0.2, -0.15) is 0 Å². The molecule has 0 aliphatic heterocycles. The van der Waals surface area contributed by atoms with Crippen LogP contribution in [0.2, 0.25) is 0 Å². The van der Waals surface area contributed by atoms with E-state index >= 15 is 0 Å². The number of halogens is 3. The van der Waals surface area contributed by atoms with Gasteiger partial charge in [-0.1, -0.05) is 42.5 Å². The molecule has 3 aromatic carbocycles. The lowest BCUT2D eigenvalue weighted by Gasteiger charge is -2.13. The van der Waals surface area contributed by atoms with Gasteiger partial charge in [0, 0.05) is 6.54 Å². The van der Waals surface area contributed by atoms with E-state index in [-0.39, 0.29) is 22.7 Å². The molecule has 0 spiro atoms. The molecule has 0 unspecified atom stereocenters. The second-order valence-corrected chi connectivity index (χ2v) is 8.02. The fraction of sp³-hybridized carbons (Fsp3) is 0.0952. The van der Waals surface area contributed by atoms with Gasteiger partial charge in [0.25, 0.3) is 15.9 Å². The van der Waals surface area contributed by atoms with E-state index in [1.54, 1.807) is 12.1 Å². The Balaban J connectivity index is 1.75. The zero-order chi connectivity index (χ0) is 22.5. The summed E-state index contributed by atoms with van der Waals surface area (Å²) in [6.45, 7) is 0.251. The van der Waals surface area contributed by atoms with Crippen LogP contribution in [-0.2, 0) is 16.6 Å². The zero-order valence-corrected chi connectivity index (χ0v) is 16.7. The monoisotopic (exact) mass is 450 g/mol. The van der Waals surface area contributed by atoms with Crippen LogP contribution >= 0.6 is 0 Å². The summed E-state index contributed by atoms with van der Waals surface area (Å²) in [7, 11) is -4.16. The molecule has 6 nitrogen and oxygen atoms in total. The molecule has 0 atom stereocenters. The number of hydrogen-bond acceptors (Lipinski definition) is 4. The Bertz CT molecular complexity index is 1150. The minimum Gasteiger partial charge on any atom is -0.406 e. The van der Waals surface area contributed by atoms with Crippen molar-refractivity contribution in [3.63, 3.8) is 0 Å². The molecule has 31 heavy (non-hydrogen) atoms. The lowest BCUT2D eigenvalue weighted by atomic mass is 10.1. The molecule has 2 N–H and O–H groups in total. The number of sulfonamides is 1. The molecule has 10 heteroatoms. The van der Waals surface area contributed by atoms with Crippen molar-refractivity contribution in [2.24, 2.45) is 0 Å². The van der Waals surface area contributed by atoms with Gasteiger partial charge in [-0.05, 0) is 42.0 Å². The first-order valence-electron chi connectivity index (χ1n) is 8.94. The van der Waals surface area contributed by atoms with Gasteiger partial charge in [-0.25, -0.2) is 8.42 Å². The Kier molecular flexibility index (Phi) is 6.50. The summed E-state index contributed by atoms with van der Waals surface area (Å²) in [5, 5.41) is 2.71. The number of carbonyl (C=O) groups excluding carboxylic acids is 1. The summed E-state index contributed by atoms with van der Waals surface area (Å²) in [5.74, 6) is -1.04. The summed E-state index contributed by atoms with van der Waals surface area (Å²) in [6.07, 6.45) is -4.88. The maximum absolute atomic E-state index is 12.6. The summed E-state index contributed by atoms with van der Waals surface area (Å²) in [4.78, 5) is 12.3. The van der Waals surface area contributed by atoms with Crippen molar-refractivity contribution in [2.75, 3.05) is 4.72 Å². The standard InChI is InChI=1S/C21H17F3N2O4S/c22-21(23,24)30-16-10-12-17(13-11-16)31(28,29)26-19-9-5-4-8-18(19)20(27)25-14-15-6-2-1-3-7-15/h1-13,26H,14H2,(H,25,27). The van der Waals surface area contributed by atoms with Gasteiger partial charge >= 0.3 is 6.36 Å². The SMILES string of the molecule is O=C(NCc1ccccc1)c1ccccc1NS(=O)(=O)c1ccc(OC(F)(F)F)cc1. The van der Waals surface area contributed by atoms with E-state index in [4.69, 9.17) is 0 Å². The lowest BCUT2D eigenvalue weighted by Crippen LogP contribution is -2.25. The molecule has 0 aliphatic carbocycles. The van der Waals surface area contributed by atoms with Gasteiger partial charge in [0.05, 0.1) is 16.1 Å². The number of benzene rings is 3. The van der Waals surface area contributed by atoms with Crippen molar-refractivity contribution in [3.8, 4) is 5.75 Å². The van der Waals surface area contributed by atoms with Crippen molar-refractivity contribution in [3.05, 3.63) is 90.0 Å². The smallest absolute Gasteiger partial charge is 0.406 e. The summed E-state index contributed by atoms with van der Waals surface area (Å²) in [6, 6.07) is 18.9. The van der Waals surface area contributed by atoms with E-state index in [0.29, 0.717) is 0 Å². The molecule has 0 saturated heterocycles.